The van der Waals surface area contributed by atoms with Gasteiger partial charge >= 0.3 is 0 Å². The Bertz CT molecular complexity index is 439. The summed E-state index contributed by atoms with van der Waals surface area (Å²) in [6, 6.07) is 9.80. The molecule has 0 aromatic heterocycles. The minimum absolute atomic E-state index is 0.0273. The van der Waals surface area contributed by atoms with Crippen molar-refractivity contribution < 1.29 is 15.1 Å². The van der Waals surface area contributed by atoms with Crippen molar-refractivity contribution in [1.29, 1.82) is 0 Å². The summed E-state index contributed by atoms with van der Waals surface area (Å²) < 4.78 is 5.41. The SMILES string of the molecule is N/C(CC(c1ccccc1)N1CCOCC1CO)=N/O. The molecule has 4 N–H and O–H groups in total. The molecular weight excluding hydrogens is 258 g/mol. The maximum absolute atomic E-state index is 9.52. The first-order valence-electron chi connectivity index (χ1n) is 6.72. The number of amidine groups is 1. The zero-order valence-corrected chi connectivity index (χ0v) is 11.4. The molecule has 1 saturated heterocycles. The van der Waals surface area contributed by atoms with Gasteiger partial charge in [-0.15, -0.1) is 0 Å². The lowest BCUT2D eigenvalue weighted by Crippen LogP contribution is -2.49. The standard InChI is InChI=1S/C14H21N3O3/c15-14(16-19)8-13(11-4-2-1-3-5-11)17-6-7-20-10-12(17)9-18/h1-5,12-13,18-19H,6-10H2,(H2,15,16). The van der Waals surface area contributed by atoms with E-state index in [0.717, 1.165) is 5.56 Å². The average Bonchev–Trinajstić information content (AvgIpc) is 2.53. The molecule has 0 amide bonds. The molecule has 0 aliphatic carbocycles. The van der Waals surface area contributed by atoms with Gasteiger partial charge in [-0.05, 0) is 5.56 Å². The highest BCUT2D eigenvalue weighted by molar-refractivity contribution is 5.80. The Hall–Kier alpha value is -1.63. The Morgan fingerprint density at radius 2 is 2.20 bits per heavy atom. The van der Waals surface area contributed by atoms with Gasteiger partial charge in [-0.1, -0.05) is 35.5 Å². The van der Waals surface area contributed by atoms with E-state index in [9.17, 15) is 5.11 Å². The van der Waals surface area contributed by atoms with Crippen LogP contribution in [0, 0.1) is 0 Å². The van der Waals surface area contributed by atoms with E-state index < -0.39 is 0 Å². The molecule has 0 saturated carbocycles. The van der Waals surface area contributed by atoms with Gasteiger partial charge in [0.25, 0.3) is 0 Å². The number of morpholine rings is 1. The van der Waals surface area contributed by atoms with Crippen LogP contribution in [0.2, 0.25) is 0 Å². The fourth-order valence-electron chi connectivity index (χ4n) is 2.58. The van der Waals surface area contributed by atoms with Crippen molar-refractivity contribution in [2.45, 2.75) is 18.5 Å². The second-order valence-corrected chi connectivity index (χ2v) is 4.87. The third kappa shape index (κ3) is 3.47. The summed E-state index contributed by atoms with van der Waals surface area (Å²) in [5, 5.41) is 21.4. The first-order chi connectivity index (χ1) is 9.76. The van der Waals surface area contributed by atoms with E-state index in [2.05, 4.69) is 10.1 Å². The van der Waals surface area contributed by atoms with Crippen LogP contribution < -0.4 is 5.73 Å². The first-order valence-corrected chi connectivity index (χ1v) is 6.72. The predicted octanol–water partition coefficient (Wildman–Crippen LogP) is 0.557. The van der Waals surface area contributed by atoms with E-state index in [4.69, 9.17) is 15.7 Å². The largest absolute Gasteiger partial charge is 0.409 e. The average molecular weight is 279 g/mol. The minimum Gasteiger partial charge on any atom is -0.409 e. The summed E-state index contributed by atoms with van der Waals surface area (Å²) in [6.07, 6.45) is 0.414. The summed E-state index contributed by atoms with van der Waals surface area (Å²) in [4.78, 5) is 2.16. The molecule has 2 unspecified atom stereocenters. The van der Waals surface area contributed by atoms with Gasteiger partial charge in [-0.3, -0.25) is 4.90 Å². The van der Waals surface area contributed by atoms with Crippen molar-refractivity contribution in [2.75, 3.05) is 26.4 Å². The number of rotatable bonds is 5. The third-order valence-electron chi connectivity index (χ3n) is 3.60. The second-order valence-electron chi connectivity index (χ2n) is 4.87. The van der Waals surface area contributed by atoms with Crippen LogP contribution in [0.1, 0.15) is 18.0 Å². The number of oxime groups is 1. The fraction of sp³-hybridized carbons (Fsp3) is 0.500. The summed E-state index contributed by atoms with van der Waals surface area (Å²) >= 11 is 0. The van der Waals surface area contributed by atoms with E-state index in [-0.39, 0.29) is 24.5 Å². The number of aliphatic hydroxyl groups is 1. The van der Waals surface area contributed by atoms with Crippen LogP contribution in [0.3, 0.4) is 0 Å². The molecule has 6 nitrogen and oxygen atoms in total. The molecule has 1 aromatic carbocycles. The molecular formula is C14H21N3O3. The Balaban J connectivity index is 2.25. The van der Waals surface area contributed by atoms with Crippen LogP contribution in [0.5, 0.6) is 0 Å². The van der Waals surface area contributed by atoms with Crippen LogP contribution >= 0.6 is 0 Å². The molecule has 6 heteroatoms. The van der Waals surface area contributed by atoms with Crippen molar-refractivity contribution in [1.82, 2.24) is 4.90 Å². The van der Waals surface area contributed by atoms with Gasteiger partial charge in [0.1, 0.15) is 5.84 Å². The quantitative estimate of drug-likeness (QED) is 0.317. The molecule has 0 radical (unpaired) electrons. The van der Waals surface area contributed by atoms with Crippen LogP contribution in [0.15, 0.2) is 35.5 Å². The molecule has 20 heavy (non-hydrogen) atoms. The molecule has 110 valence electrons. The lowest BCUT2D eigenvalue weighted by molar-refractivity contribution is -0.0469. The normalized spacial score (nSPS) is 22.6. The van der Waals surface area contributed by atoms with Crippen molar-refractivity contribution in [3.63, 3.8) is 0 Å². The minimum atomic E-state index is -0.0690. The van der Waals surface area contributed by atoms with Crippen LogP contribution in [-0.2, 0) is 4.74 Å². The van der Waals surface area contributed by atoms with Crippen molar-refractivity contribution >= 4 is 5.84 Å². The maximum Gasteiger partial charge on any atom is 0.141 e. The van der Waals surface area contributed by atoms with Gasteiger partial charge < -0.3 is 20.8 Å². The molecule has 1 aromatic rings. The fourth-order valence-corrected chi connectivity index (χ4v) is 2.58. The topological polar surface area (TPSA) is 91.3 Å². The molecule has 2 atom stereocenters. The van der Waals surface area contributed by atoms with Crippen LogP contribution in [0.25, 0.3) is 0 Å². The molecule has 1 aliphatic rings. The highest BCUT2D eigenvalue weighted by Crippen LogP contribution is 2.27. The highest BCUT2D eigenvalue weighted by atomic mass is 16.5. The van der Waals surface area contributed by atoms with Gasteiger partial charge in [0.15, 0.2) is 0 Å². The molecule has 0 spiro atoms. The van der Waals surface area contributed by atoms with E-state index in [1.165, 1.54) is 0 Å². The molecule has 2 rings (SSSR count). The zero-order chi connectivity index (χ0) is 14.4. The monoisotopic (exact) mass is 279 g/mol. The summed E-state index contributed by atoms with van der Waals surface area (Å²) in [7, 11) is 0. The van der Waals surface area contributed by atoms with E-state index in [1.54, 1.807) is 0 Å². The second kappa shape index (κ2) is 7.23. The number of hydrogen-bond acceptors (Lipinski definition) is 5. The highest BCUT2D eigenvalue weighted by Gasteiger charge is 2.30. The van der Waals surface area contributed by atoms with Gasteiger partial charge in [-0.25, -0.2) is 0 Å². The Morgan fingerprint density at radius 1 is 1.45 bits per heavy atom. The van der Waals surface area contributed by atoms with E-state index >= 15 is 0 Å². The Kier molecular flexibility index (Phi) is 5.34. The van der Waals surface area contributed by atoms with Crippen molar-refractivity contribution in [2.24, 2.45) is 10.9 Å². The maximum atomic E-state index is 9.52. The molecule has 1 fully saturated rings. The molecule has 1 heterocycles. The van der Waals surface area contributed by atoms with Gasteiger partial charge in [0.05, 0.1) is 25.9 Å². The number of hydrogen-bond donors (Lipinski definition) is 3. The number of ether oxygens (including phenoxy) is 1. The van der Waals surface area contributed by atoms with Crippen LogP contribution in [-0.4, -0.2) is 53.5 Å². The molecule has 1 aliphatic heterocycles. The zero-order valence-electron chi connectivity index (χ0n) is 11.4. The third-order valence-corrected chi connectivity index (χ3v) is 3.60. The number of nitrogens with zero attached hydrogens (tertiary/aromatic N) is 2. The number of benzene rings is 1. The lowest BCUT2D eigenvalue weighted by Gasteiger charge is -2.40. The Labute approximate surface area is 118 Å². The number of aliphatic hydroxyl groups excluding tert-OH is 1. The predicted molar refractivity (Wildman–Crippen MR) is 75.6 cm³/mol. The van der Waals surface area contributed by atoms with Crippen molar-refractivity contribution in [3.05, 3.63) is 35.9 Å². The van der Waals surface area contributed by atoms with Crippen molar-refractivity contribution in [3.8, 4) is 0 Å². The summed E-state index contributed by atoms with van der Waals surface area (Å²) in [5.74, 6) is 0.182. The summed E-state index contributed by atoms with van der Waals surface area (Å²) in [5.41, 5.74) is 6.77. The smallest absolute Gasteiger partial charge is 0.141 e. The number of nitrogens with two attached hydrogens (primary N) is 1. The van der Waals surface area contributed by atoms with E-state index in [1.807, 2.05) is 30.3 Å². The van der Waals surface area contributed by atoms with E-state index in [0.29, 0.717) is 26.2 Å². The van der Waals surface area contributed by atoms with Gasteiger partial charge in [0, 0.05) is 19.0 Å². The van der Waals surface area contributed by atoms with Crippen LogP contribution in [0.4, 0.5) is 0 Å². The van der Waals surface area contributed by atoms with Gasteiger partial charge in [-0.2, -0.15) is 0 Å². The Morgan fingerprint density at radius 3 is 2.85 bits per heavy atom. The lowest BCUT2D eigenvalue weighted by atomic mass is 9.99. The molecule has 0 bridgehead atoms. The first kappa shape index (κ1) is 14.8. The summed E-state index contributed by atoms with van der Waals surface area (Å²) in [6.45, 7) is 1.86. The van der Waals surface area contributed by atoms with Gasteiger partial charge in [0.2, 0.25) is 0 Å².